The smallest absolute Gasteiger partial charge is 0.210 e. The summed E-state index contributed by atoms with van der Waals surface area (Å²) in [6.45, 7) is 2.08. The first-order chi connectivity index (χ1) is 12.7. The van der Waals surface area contributed by atoms with Crippen LogP contribution in [-0.2, 0) is 12.8 Å². The average Bonchev–Trinajstić information content (AvgIpc) is 3.36. The number of fused-ring (bicyclic) bond motifs is 3. The Morgan fingerprint density at radius 1 is 1.15 bits per heavy atom. The summed E-state index contributed by atoms with van der Waals surface area (Å²) in [6.07, 6.45) is 4.88. The molecule has 0 spiro atoms. The second-order valence-electron chi connectivity index (χ2n) is 6.40. The van der Waals surface area contributed by atoms with Gasteiger partial charge in [-0.2, -0.15) is 14.9 Å². The number of nitrogens with zero attached hydrogens (tertiary/aromatic N) is 6. The molecule has 0 aliphatic heterocycles. The van der Waals surface area contributed by atoms with Gasteiger partial charge in [0, 0.05) is 15.8 Å². The highest BCUT2D eigenvalue weighted by Crippen LogP contribution is 2.41. The Kier molecular flexibility index (Phi) is 3.33. The molecular weight excluding hydrogens is 344 g/mol. The average molecular weight is 358 g/mol. The number of thiophene rings is 1. The molecule has 126 valence electrons. The lowest BCUT2D eigenvalue weighted by molar-refractivity contribution is 0.812. The van der Waals surface area contributed by atoms with Gasteiger partial charge in [0.2, 0.25) is 0 Å². The second kappa shape index (κ2) is 5.71. The minimum absolute atomic E-state index is 0.110. The highest BCUT2D eigenvalue weighted by atomic mass is 32.1. The van der Waals surface area contributed by atoms with E-state index >= 15 is 0 Å². The van der Waals surface area contributed by atoms with E-state index in [2.05, 4.69) is 41.3 Å². The molecule has 4 aromatic rings. The van der Waals surface area contributed by atoms with Gasteiger partial charge in [-0.1, -0.05) is 29.8 Å². The van der Waals surface area contributed by atoms with Gasteiger partial charge >= 0.3 is 0 Å². The quantitative estimate of drug-likeness (QED) is 0.547. The first-order valence-corrected chi connectivity index (χ1v) is 9.26. The molecule has 1 aromatic carbocycles. The third-order valence-corrected chi connectivity index (χ3v) is 5.86. The Bertz CT molecular complexity index is 1180. The van der Waals surface area contributed by atoms with E-state index in [0.717, 1.165) is 34.3 Å². The minimum Gasteiger partial charge on any atom is -0.210 e. The van der Waals surface area contributed by atoms with E-state index in [1.54, 1.807) is 11.3 Å². The Labute approximate surface area is 153 Å². The monoisotopic (exact) mass is 358 g/mol. The lowest BCUT2D eigenvalue weighted by Crippen LogP contribution is -2.04. The minimum atomic E-state index is 0.110. The van der Waals surface area contributed by atoms with Crippen LogP contribution < -0.4 is 0 Å². The predicted molar refractivity (Wildman–Crippen MR) is 99.2 cm³/mol. The van der Waals surface area contributed by atoms with E-state index in [1.807, 2.05) is 6.07 Å². The van der Waals surface area contributed by atoms with Crippen molar-refractivity contribution in [1.29, 1.82) is 5.26 Å². The maximum absolute atomic E-state index is 8.98. The maximum Gasteiger partial charge on any atom is 0.254 e. The molecule has 6 nitrogen and oxygen atoms in total. The normalized spacial score (nSPS) is 13.1. The van der Waals surface area contributed by atoms with Gasteiger partial charge in [0.05, 0.1) is 5.69 Å². The molecule has 1 aliphatic rings. The third kappa shape index (κ3) is 2.30. The zero-order chi connectivity index (χ0) is 17.7. The van der Waals surface area contributed by atoms with Crippen LogP contribution in [0.1, 0.15) is 28.2 Å². The van der Waals surface area contributed by atoms with Crippen molar-refractivity contribution < 1.29 is 0 Å². The van der Waals surface area contributed by atoms with Gasteiger partial charge in [0.25, 0.3) is 11.8 Å². The Balaban J connectivity index is 1.79. The highest BCUT2D eigenvalue weighted by Gasteiger charge is 2.23. The lowest BCUT2D eigenvalue weighted by atomic mass is 10.0. The fourth-order valence-electron chi connectivity index (χ4n) is 3.42. The highest BCUT2D eigenvalue weighted by molar-refractivity contribution is 7.19. The van der Waals surface area contributed by atoms with Crippen LogP contribution in [0.3, 0.4) is 0 Å². The summed E-state index contributed by atoms with van der Waals surface area (Å²) in [5.74, 6) is 0.557. The van der Waals surface area contributed by atoms with Gasteiger partial charge in [0.15, 0.2) is 0 Å². The molecule has 0 bridgehead atoms. The summed E-state index contributed by atoms with van der Waals surface area (Å²) in [5, 5.41) is 14.3. The summed E-state index contributed by atoms with van der Waals surface area (Å²) in [5.41, 5.74) is 4.60. The van der Waals surface area contributed by atoms with Gasteiger partial charge < -0.3 is 0 Å². The molecule has 0 atom stereocenters. The van der Waals surface area contributed by atoms with Gasteiger partial charge in [-0.3, -0.25) is 0 Å². The van der Waals surface area contributed by atoms with Crippen molar-refractivity contribution in [3.05, 3.63) is 52.4 Å². The van der Waals surface area contributed by atoms with Crippen LogP contribution in [-0.4, -0.2) is 24.7 Å². The lowest BCUT2D eigenvalue weighted by Gasteiger charge is -2.08. The number of hydrogen-bond acceptors (Lipinski definition) is 6. The fourth-order valence-corrected chi connectivity index (χ4v) is 4.67. The Hall–Kier alpha value is -3.11. The van der Waals surface area contributed by atoms with Crippen molar-refractivity contribution in [2.24, 2.45) is 0 Å². The number of rotatable bonds is 2. The number of nitriles is 1. The summed E-state index contributed by atoms with van der Waals surface area (Å²) in [7, 11) is 0. The Morgan fingerprint density at radius 3 is 2.77 bits per heavy atom. The third-order valence-electron chi connectivity index (χ3n) is 4.67. The number of benzene rings is 1. The van der Waals surface area contributed by atoms with Crippen LogP contribution in [0.5, 0.6) is 0 Å². The molecule has 0 amide bonds. The van der Waals surface area contributed by atoms with Crippen molar-refractivity contribution in [3.63, 3.8) is 0 Å². The number of hydrogen-bond donors (Lipinski definition) is 0. The van der Waals surface area contributed by atoms with Crippen LogP contribution in [0.25, 0.3) is 27.4 Å². The van der Waals surface area contributed by atoms with Gasteiger partial charge in [0.1, 0.15) is 17.2 Å². The molecule has 0 saturated heterocycles. The zero-order valence-electron chi connectivity index (χ0n) is 14.1. The standard InChI is InChI=1S/C19H14N6S/c1-11-5-7-12(8-6-11)17-16-13-3-2-4-14(13)26-18(16)23-19(22-17)25-10-21-15(9-20)24-25/h5-8,10H,2-4H2,1H3. The van der Waals surface area contributed by atoms with Crippen molar-refractivity contribution >= 4 is 21.6 Å². The van der Waals surface area contributed by atoms with Crippen LogP contribution >= 0.6 is 11.3 Å². The molecule has 0 fully saturated rings. The zero-order valence-corrected chi connectivity index (χ0v) is 14.9. The molecule has 5 rings (SSSR count). The van der Waals surface area contributed by atoms with Crippen LogP contribution in [0, 0.1) is 18.3 Å². The fraction of sp³-hybridized carbons (Fsp3) is 0.211. The molecule has 0 N–H and O–H groups in total. The van der Waals surface area contributed by atoms with E-state index < -0.39 is 0 Å². The predicted octanol–water partition coefficient (Wildman–Crippen LogP) is 3.61. The molecule has 3 heterocycles. The summed E-state index contributed by atoms with van der Waals surface area (Å²) < 4.78 is 1.47. The SMILES string of the molecule is Cc1ccc(-c2nc(-n3cnc(C#N)n3)nc3sc4c(c23)CCC4)cc1. The van der Waals surface area contributed by atoms with Gasteiger partial charge in [-0.15, -0.1) is 16.4 Å². The van der Waals surface area contributed by atoms with E-state index in [-0.39, 0.29) is 5.82 Å². The summed E-state index contributed by atoms with van der Waals surface area (Å²) in [6, 6.07) is 10.3. The molecule has 1 aliphatic carbocycles. The molecule has 0 radical (unpaired) electrons. The molecule has 26 heavy (non-hydrogen) atoms. The van der Waals surface area contributed by atoms with Crippen molar-refractivity contribution in [3.8, 4) is 23.3 Å². The second-order valence-corrected chi connectivity index (χ2v) is 7.48. The van der Waals surface area contributed by atoms with E-state index in [4.69, 9.17) is 15.2 Å². The van der Waals surface area contributed by atoms with Crippen molar-refractivity contribution in [1.82, 2.24) is 24.7 Å². The maximum atomic E-state index is 8.98. The van der Waals surface area contributed by atoms with Crippen molar-refractivity contribution in [2.45, 2.75) is 26.2 Å². The van der Waals surface area contributed by atoms with Gasteiger partial charge in [-0.05, 0) is 31.7 Å². The molecule has 0 unspecified atom stereocenters. The summed E-state index contributed by atoms with van der Waals surface area (Å²) in [4.78, 5) is 15.9. The van der Waals surface area contributed by atoms with Gasteiger partial charge in [-0.25, -0.2) is 9.97 Å². The van der Waals surface area contributed by atoms with Crippen LogP contribution in [0.15, 0.2) is 30.6 Å². The van der Waals surface area contributed by atoms with Crippen LogP contribution in [0.4, 0.5) is 0 Å². The molecule has 7 heteroatoms. The first-order valence-electron chi connectivity index (χ1n) is 8.44. The van der Waals surface area contributed by atoms with E-state index in [1.165, 1.54) is 33.4 Å². The van der Waals surface area contributed by atoms with Crippen LogP contribution in [0.2, 0.25) is 0 Å². The largest absolute Gasteiger partial charge is 0.254 e. The number of aromatic nitrogens is 5. The Morgan fingerprint density at radius 2 is 2.00 bits per heavy atom. The topological polar surface area (TPSA) is 80.3 Å². The molecular formula is C19H14N6S. The van der Waals surface area contributed by atoms with Crippen molar-refractivity contribution in [2.75, 3.05) is 0 Å². The molecule has 3 aromatic heterocycles. The molecule has 0 saturated carbocycles. The summed E-state index contributed by atoms with van der Waals surface area (Å²) >= 11 is 1.74. The first kappa shape index (κ1) is 15.2. The van der Waals surface area contributed by atoms with E-state index in [9.17, 15) is 0 Å². The number of aryl methyl sites for hydroxylation is 3. The van der Waals surface area contributed by atoms with E-state index in [0.29, 0.717) is 5.95 Å².